The smallest absolute Gasteiger partial charge is 0.329 e. The van der Waals surface area contributed by atoms with Crippen LogP contribution in [-0.4, -0.2) is 53.0 Å². The number of carbonyl (C=O) groups is 3. The maximum atomic E-state index is 13.3. The molecule has 0 aliphatic heterocycles. The van der Waals surface area contributed by atoms with Crippen LogP contribution >= 0.6 is 0 Å². The molecule has 0 spiro atoms. The largest absolute Gasteiger partial charge is 0.458 e. The second kappa shape index (κ2) is 10.8. The first-order chi connectivity index (χ1) is 14.1. The van der Waals surface area contributed by atoms with Crippen LogP contribution in [0.4, 0.5) is 0 Å². The minimum atomic E-state index is -1.11. The second-order valence-corrected chi connectivity index (χ2v) is 10.1. The van der Waals surface area contributed by atoms with Gasteiger partial charge in [0.2, 0.25) is 11.8 Å². The number of amides is 2. The molecule has 0 fully saturated rings. The lowest BCUT2D eigenvalue weighted by Crippen LogP contribution is -2.58. The molecule has 7 nitrogen and oxygen atoms in total. The number of rotatable bonds is 9. The van der Waals surface area contributed by atoms with E-state index < -0.39 is 35.1 Å². The van der Waals surface area contributed by atoms with Crippen LogP contribution in [0.3, 0.4) is 0 Å². The molecule has 1 aromatic rings. The third kappa shape index (κ3) is 9.09. The number of ether oxygens (including phenoxy) is 1. The number of hydrogen-bond acceptors (Lipinski definition) is 5. The molecular formula is C24H39N3O4. The van der Waals surface area contributed by atoms with Crippen LogP contribution < -0.4 is 11.1 Å². The summed E-state index contributed by atoms with van der Waals surface area (Å²) in [6.45, 7) is 12.5. The zero-order valence-corrected chi connectivity index (χ0v) is 20.2. The second-order valence-electron chi connectivity index (χ2n) is 10.1. The summed E-state index contributed by atoms with van der Waals surface area (Å²) < 4.78 is 5.54. The summed E-state index contributed by atoms with van der Waals surface area (Å²) in [5, 5.41) is 2.83. The zero-order chi connectivity index (χ0) is 24.0. The van der Waals surface area contributed by atoms with E-state index >= 15 is 0 Å². The first-order valence-electron chi connectivity index (χ1n) is 10.7. The summed E-state index contributed by atoms with van der Waals surface area (Å²) in [4.78, 5) is 40.2. The number of carbonyl (C=O) groups excluding carboxylic acids is 3. The number of esters is 1. The third-order valence-corrected chi connectivity index (χ3v) is 4.63. The molecule has 7 heteroatoms. The molecular weight excluding hydrogens is 394 g/mol. The summed E-state index contributed by atoms with van der Waals surface area (Å²) in [6, 6.07) is 7.79. The molecule has 0 saturated carbocycles. The van der Waals surface area contributed by atoms with E-state index in [0.717, 1.165) is 5.56 Å². The first kappa shape index (κ1) is 26.6. The quantitative estimate of drug-likeness (QED) is 0.583. The highest BCUT2D eigenvalue weighted by Gasteiger charge is 2.36. The third-order valence-electron chi connectivity index (χ3n) is 4.63. The van der Waals surface area contributed by atoms with Crippen molar-refractivity contribution < 1.29 is 19.1 Å². The van der Waals surface area contributed by atoms with Gasteiger partial charge in [-0.25, -0.2) is 4.79 Å². The van der Waals surface area contributed by atoms with Crippen molar-refractivity contribution in [1.29, 1.82) is 0 Å². The number of nitrogens with zero attached hydrogens (tertiary/aromatic N) is 1. The Kier molecular flexibility index (Phi) is 9.24. The van der Waals surface area contributed by atoms with Crippen LogP contribution in [0.15, 0.2) is 30.3 Å². The molecule has 1 aromatic carbocycles. The molecule has 174 valence electrons. The van der Waals surface area contributed by atoms with Gasteiger partial charge in [-0.1, -0.05) is 44.2 Å². The molecule has 2 atom stereocenters. The van der Waals surface area contributed by atoms with Gasteiger partial charge in [-0.05, 0) is 52.5 Å². The monoisotopic (exact) mass is 433 g/mol. The molecule has 31 heavy (non-hydrogen) atoms. The maximum absolute atomic E-state index is 13.3. The number of nitrogens with one attached hydrogen (secondary N) is 1. The first-order valence-corrected chi connectivity index (χ1v) is 10.7. The van der Waals surface area contributed by atoms with Crippen molar-refractivity contribution in [2.75, 3.05) is 7.05 Å². The highest BCUT2D eigenvalue weighted by Crippen LogP contribution is 2.16. The van der Waals surface area contributed by atoms with Gasteiger partial charge in [-0.15, -0.1) is 0 Å². The minimum absolute atomic E-state index is 0.154. The number of hydrogen-bond donors (Lipinski definition) is 2. The van der Waals surface area contributed by atoms with Crippen LogP contribution in [0, 0.1) is 5.92 Å². The van der Waals surface area contributed by atoms with Crippen molar-refractivity contribution in [3.8, 4) is 0 Å². The predicted molar refractivity (Wildman–Crippen MR) is 122 cm³/mol. The lowest BCUT2D eigenvalue weighted by atomic mass is 9.98. The van der Waals surface area contributed by atoms with E-state index in [-0.39, 0.29) is 18.2 Å². The maximum Gasteiger partial charge on any atom is 0.329 e. The van der Waals surface area contributed by atoms with Crippen molar-refractivity contribution in [2.45, 2.75) is 84.5 Å². The Balaban J connectivity index is 3.15. The number of likely N-dealkylation sites (N-methyl/N-ethyl adjacent to an activating group) is 1. The molecule has 0 radical (unpaired) electrons. The summed E-state index contributed by atoms with van der Waals surface area (Å²) in [7, 11) is 1.57. The Hall–Kier alpha value is -2.41. The van der Waals surface area contributed by atoms with Crippen molar-refractivity contribution in [3.05, 3.63) is 35.9 Å². The average molecular weight is 434 g/mol. The van der Waals surface area contributed by atoms with Gasteiger partial charge in [0.05, 0.1) is 5.54 Å². The Morgan fingerprint density at radius 2 is 1.61 bits per heavy atom. The Morgan fingerprint density at radius 1 is 1.06 bits per heavy atom. The van der Waals surface area contributed by atoms with Crippen molar-refractivity contribution in [3.63, 3.8) is 0 Å². The van der Waals surface area contributed by atoms with Gasteiger partial charge < -0.3 is 20.7 Å². The molecule has 0 aliphatic carbocycles. The molecule has 1 rings (SSSR count). The summed E-state index contributed by atoms with van der Waals surface area (Å²) >= 11 is 0. The van der Waals surface area contributed by atoms with E-state index in [4.69, 9.17) is 10.5 Å². The van der Waals surface area contributed by atoms with Crippen LogP contribution in [0.5, 0.6) is 0 Å². The highest BCUT2D eigenvalue weighted by molar-refractivity contribution is 5.93. The van der Waals surface area contributed by atoms with Crippen molar-refractivity contribution in [1.82, 2.24) is 10.2 Å². The Morgan fingerprint density at radius 3 is 2.06 bits per heavy atom. The van der Waals surface area contributed by atoms with Crippen LogP contribution in [0.25, 0.3) is 0 Å². The fourth-order valence-corrected chi connectivity index (χ4v) is 3.17. The van der Waals surface area contributed by atoms with Crippen molar-refractivity contribution in [2.24, 2.45) is 11.7 Å². The van der Waals surface area contributed by atoms with Gasteiger partial charge in [0, 0.05) is 13.5 Å². The van der Waals surface area contributed by atoms with E-state index in [1.165, 1.54) is 4.90 Å². The van der Waals surface area contributed by atoms with E-state index in [2.05, 4.69) is 5.32 Å². The van der Waals surface area contributed by atoms with Gasteiger partial charge in [-0.2, -0.15) is 0 Å². The standard InChI is InChI=1S/C24H39N3O4/c1-16(2)14-19(27(8)22(30)24(6,7)25)20(28)26-18(21(29)31-23(3,4)5)15-17-12-10-9-11-13-17/h9-13,16,18-19H,14-15,25H2,1-8H3,(H,26,28)/t18-,19-/m0/s1. The molecule has 0 unspecified atom stereocenters. The van der Waals surface area contributed by atoms with Gasteiger partial charge in [-0.3, -0.25) is 9.59 Å². The molecule has 0 saturated heterocycles. The average Bonchev–Trinajstić information content (AvgIpc) is 2.62. The van der Waals surface area contributed by atoms with Crippen LogP contribution in [0.2, 0.25) is 0 Å². The van der Waals surface area contributed by atoms with Crippen molar-refractivity contribution >= 4 is 17.8 Å². The number of nitrogens with two attached hydrogens (primary N) is 1. The molecule has 0 bridgehead atoms. The van der Waals surface area contributed by atoms with Gasteiger partial charge in [0.25, 0.3) is 0 Å². The normalized spacial score (nSPS) is 14.0. The topological polar surface area (TPSA) is 102 Å². The van der Waals surface area contributed by atoms with E-state index in [0.29, 0.717) is 6.42 Å². The molecule has 0 aliphatic rings. The molecule has 2 amide bonds. The zero-order valence-electron chi connectivity index (χ0n) is 20.2. The fraction of sp³-hybridized carbons (Fsp3) is 0.625. The Bertz CT molecular complexity index is 748. The summed E-state index contributed by atoms with van der Waals surface area (Å²) in [5.74, 6) is -1.10. The fourth-order valence-electron chi connectivity index (χ4n) is 3.17. The van der Waals surface area contributed by atoms with Crippen LogP contribution in [0.1, 0.15) is 60.5 Å². The van der Waals surface area contributed by atoms with E-state index in [9.17, 15) is 14.4 Å². The van der Waals surface area contributed by atoms with E-state index in [1.54, 1.807) is 41.7 Å². The summed E-state index contributed by atoms with van der Waals surface area (Å²) in [5.41, 5.74) is 5.07. The minimum Gasteiger partial charge on any atom is -0.458 e. The van der Waals surface area contributed by atoms with Crippen LogP contribution in [-0.2, 0) is 25.5 Å². The van der Waals surface area contributed by atoms with E-state index in [1.807, 2.05) is 44.2 Å². The Labute approximate surface area is 186 Å². The highest BCUT2D eigenvalue weighted by atomic mass is 16.6. The summed E-state index contributed by atoms with van der Waals surface area (Å²) in [6.07, 6.45) is 0.729. The van der Waals surface area contributed by atoms with Gasteiger partial charge in [0.15, 0.2) is 0 Å². The SMILES string of the molecule is CC(C)C[C@@H](C(=O)N[C@@H](Cc1ccccc1)C(=O)OC(C)(C)C)N(C)C(=O)C(C)(C)N. The van der Waals surface area contributed by atoms with Gasteiger partial charge >= 0.3 is 5.97 Å². The molecule has 3 N–H and O–H groups in total. The lowest BCUT2D eigenvalue weighted by molar-refractivity contribution is -0.159. The van der Waals surface area contributed by atoms with Gasteiger partial charge in [0.1, 0.15) is 17.7 Å². The molecule has 0 heterocycles. The molecule has 0 aromatic heterocycles. The lowest BCUT2D eigenvalue weighted by Gasteiger charge is -2.34. The predicted octanol–water partition coefficient (Wildman–Crippen LogP) is 2.67. The number of benzene rings is 1.